The molecular formula is C9H5Cl2F2NO3S. The van der Waals surface area contributed by atoms with E-state index in [1.807, 2.05) is 0 Å². The Morgan fingerprint density at radius 1 is 1.33 bits per heavy atom. The third-order valence-electron chi connectivity index (χ3n) is 2.19. The van der Waals surface area contributed by atoms with E-state index >= 15 is 0 Å². The summed E-state index contributed by atoms with van der Waals surface area (Å²) in [5, 5.41) is 0.0632. The molecule has 9 heteroatoms. The number of hydrogen-bond acceptors (Lipinski definition) is 3. The number of benzene rings is 1. The number of fused-ring (bicyclic) bond motifs is 1. The molecule has 1 N–H and O–H groups in total. The van der Waals surface area contributed by atoms with E-state index in [0.29, 0.717) is 0 Å². The molecule has 1 heterocycles. The largest absolute Gasteiger partial charge is 0.431 e. The van der Waals surface area contributed by atoms with Crippen LogP contribution in [0.3, 0.4) is 0 Å². The molecule has 2 aromatic rings. The van der Waals surface area contributed by atoms with Gasteiger partial charge in [-0.2, -0.15) is 8.78 Å². The van der Waals surface area contributed by atoms with E-state index in [-0.39, 0.29) is 26.6 Å². The molecule has 0 aliphatic heterocycles. The maximum absolute atomic E-state index is 12.2. The summed E-state index contributed by atoms with van der Waals surface area (Å²) in [4.78, 5) is 2.28. The van der Waals surface area contributed by atoms with Gasteiger partial charge in [0.1, 0.15) is 4.90 Å². The minimum Gasteiger partial charge on any atom is -0.431 e. The van der Waals surface area contributed by atoms with Crippen LogP contribution in [-0.4, -0.2) is 20.0 Å². The molecule has 18 heavy (non-hydrogen) atoms. The number of nitrogens with one attached hydrogen (secondary N) is 1. The second kappa shape index (κ2) is 4.56. The first kappa shape index (κ1) is 13.4. The van der Waals surface area contributed by atoms with Gasteiger partial charge in [0.05, 0.1) is 10.5 Å². The zero-order valence-corrected chi connectivity index (χ0v) is 10.8. The van der Waals surface area contributed by atoms with E-state index in [0.717, 1.165) is 6.20 Å². The fourth-order valence-corrected chi connectivity index (χ4v) is 2.74. The number of alkyl halides is 2. The molecule has 0 aliphatic rings. The predicted molar refractivity (Wildman–Crippen MR) is 63.0 cm³/mol. The molecule has 0 spiro atoms. The quantitative estimate of drug-likeness (QED) is 0.884. The highest BCUT2D eigenvalue weighted by atomic mass is 35.7. The van der Waals surface area contributed by atoms with Crippen molar-refractivity contribution in [3.63, 3.8) is 0 Å². The normalized spacial score (nSPS) is 12.3. The standard InChI is InChI=1S/C9H5Cl2F2NO3S/c10-5-2-1-4-6(18(11,15)16)3-14-7(4)8(5)17-9(12)13/h1-3,9,14H. The van der Waals surface area contributed by atoms with Gasteiger partial charge in [-0.15, -0.1) is 0 Å². The summed E-state index contributed by atoms with van der Waals surface area (Å²) in [6.07, 6.45) is 1.08. The van der Waals surface area contributed by atoms with Crippen molar-refractivity contribution in [1.29, 1.82) is 0 Å². The molecule has 0 amide bonds. The molecule has 0 radical (unpaired) electrons. The first-order valence-corrected chi connectivity index (χ1v) is 7.18. The maximum atomic E-state index is 12.2. The smallest absolute Gasteiger partial charge is 0.387 e. The van der Waals surface area contributed by atoms with Crippen LogP contribution in [0.1, 0.15) is 0 Å². The summed E-state index contributed by atoms with van der Waals surface area (Å²) in [6.45, 7) is -3.08. The zero-order chi connectivity index (χ0) is 13.5. The van der Waals surface area contributed by atoms with Crippen LogP contribution < -0.4 is 4.74 Å². The van der Waals surface area contributed by atoms with Crippen molar-refractivity contribution >= 4 is 42.2 Å². The number of halogens is 4. The summed E-state index contributed by atoms with van der Waals surface area (Å²) in [6, 6.07) is 2.60. The molecule has 1 aromatic carbocycles. The molecule has 2 rings (SSSR count). The van der Waals surface area contributed by atoms with Gasteiger partial charge < -0.3 is 9.72 Å². The Balaban J connectivity index is 2.73. The molecule has 0 saturated heterocycles. The summed E-state index contributed by atoms with van der Waals surface area (Å²) < 4.78 is 51.2. The summed E-state index contributed by atoms with van der Waals surface area (Å²) in [5.74, 6) is -0.323. The second-order valence-corrected chi connectivity index (χ2v) is 6.21. The highest BCUT2D eigenvalue weighted by molar-refractivity contribution is 8.14. The van der Waals surface area contributed by atoms with Crippen molar-refractivity contribution in [2.45, 2.75) is 11.5 Å². The van der Waals surface area contributed by atoms with Gasteiger partial charge in [-0.05, 0) is 12.1 Å². The topological polar surface area (TPSA) is 59.2 Å². The van der Waals surface area contributed by atoms with E-state index in [9.17, 15) is 17.2 Å². The molecule has 0 unspecified atom stereocenters. The van der Waals surface area contributed by atoms with Gasteiger partial charge in [-0.25, -0.2) is 8.42 Å². The minimum atomic E-state index is -3.99. The van der Waals surface area contributed by atoms with Crippen LogP contribution in [0.5, 0.6) is 5.75 Å². The predicted octanol–water partition coefficient (Wildman–Crippen LogP) is 3.35. The number of rotatable bonds is 3. The van der Waals surface area contributed by atoms with Crippen molar-refractivity contribution in [3.8, 4) is 5.75 Å². The molecule has 98 valence electrons. The van der Waals surface area contributed by atoms with Crippen LogP contribution in [0.4, 0.5) is 8.78 Å². The van der Waals surface area contributed by atoms with E-state index in [4.69, 9.17) is 22.3 Å². The first-order valence-electron chi connectivity index (χ1n) is 4.50. The Hall–Kier alpha value is -1.05. The lowest BCUT2D eigenvalue weighted by Crippen LogP contribution is -2.03. The highest BCUT2D eigenvalue weighted by Crippen LogP contribution is 2.37. The molecule has 0 aliphatic carbocycles. The third kappa shape index (κ3) is 2.38. The highest BCUT2D eigenvalue weighted by Gasteiger charge is 2.21. The van der Waals surface area contributed by atoms with E-state index in [1.165, 1.54) is 12.1 Å². The van der Waals surface area contributed by atoms with Crippen LogP contribution >= 0.6 is 22.3 Å². The Kier molecular flexibility index (Phi) is 3.39. The SMILES string of the molecule is O=S(=O)(Cl)c1c[nH]c2c(OC(F)F)c(Cl)ccc12. The van der Waals surface area contributed by atoms with Gasteiger partial charge >= 0.3 is 6.61 Å². The van der Waals surface area contributed by atoms with Crippen LogP contribution in [0.25, 0.3) is 10.9 Å². The van der Waals surface area contributed by atoms with Crippen LogP contribution in [0, 0.1) is 0 Å². The number of hydrogen-bond donors (Lipinski definition) is 1. The van der Waals surface area contributed by atoms with Crippen LogP contribution in [0.2, 0.25) is 5.02 Å². The van der Waals surface area contributed by atoms with Gasteiger partial charge in [0.25, 0.3) is 9.05 Å². The van der Waals surface area contributed by atoms with Crippen molar-refractivity contribution in [3.05, 3.63) is 23.4 Å². The average molecular weight is 316 g/mol. The van der Waals surface area contributed by atoms with E-state index in [1.54, 1.807) is 0 Å². The lowest BCUT2D eigenvalue weighted by molar-refractivity contribution is -0.0488. The maximum Gasteiger partial charge on any atom is 0.387 e. The fraction of sp³-hybridized carbons (Fsp3) is 0.111. The first-order chi connectivity index (χ1) is 8.30. The van der Waals surface area contributed by atoms with Crippen molar-refractivity contribution < 1.29 is 21.9 Å². The number of ether oxygens (including phenoxy) is 1. The minimum absolute atomic E-state index is 0.0435. The monoisotopic (exact) mass is 315 g/mol. The van der Waals surface area contributed by atoms with Gasteiger partial charge in [0, 0.05) is 22.3 Å². The molecule has 0 atom stereocenters. The second-order valence-electron chi connectivity index (χ2n) is 3.27. The van der Waals surface area contributed by atoms with Crippen molar-refractivity contribution in [1.82, 2.24) is 4.98 Å². The van der Waals surface area contributed by atoms with Crippen molar-refractivity contribution in [2.75, 3.05) is 0 Å². The van der Waals surface area contributed by atoms with E-state index < -0.39 is 15.7 Å². The number of aromatic nitrogens is 1. The Labute approximate surface area is 110 Å². The molecule has 1 aromatic heterocycles. The van der Waals surface area contributed by atoms with E-state index in [2.05, 4.69) is 9.72 Å². The molecule has 0 saturated carbocycles. The van der Waals surface area contributed by atoms with Crippen LogP contribution in [0.15, 0.2) is 23.2 Å². The molecule has 0 fully saturated rings. The zero-order valence-electron chi connectivity index (χ0n) is 8.45. The molecule has 4 nitrogen and oxygen atoms in total. The summed E-state index contributed by atoms with van der Waals surface area (Å²) in [5.41, 5.74) is 0.0435. The van der Waals surface area contributed by atoms with Gasteiger partial charge in [-0.1, -0.05) is 11.6 Å². The number of H-pyrrole nitrogens is 1. The van der Waals surface area contributed by atoms with Gasteiger partial charge in [-0.3, -0.25) is 0 Å². The van der Waals surface area contributed by atoms with Gasteiger partial charge in [0.2, 0.25) is 0 Å². The number of aromatic amines is 1. The van der Waals surface area contributed by atoms with Crippen molar-refractivity contribution in [2.24, 2.45) is 0 Å². The van der Waals surface area contributed by atoms with Gasteiger partial charge in [0.15, 0.2) is 5.75 Å². The third-order valence-corrected chi connectivity index (χ3v) is 3.85. The average Bonchev–Trinajstić information content (AvgIpc) is 2.65. The Morgan fingerprint density at radius 2 is 2.00 bits per heavy atom. The lowest BCUT2D eigenvalue weighted by atomic mass is 10.2. The lowest BCUT2D eigenvalue weighted by Gasteiger charge is -2.07. The fourth-order valence-electron chi connectivity index (χ4n) is 1.53. The van der Waals surface area contributed by atoms with Crippen LogP contribution in [-0.2, 0) is 9.05 Å². The summed E-state index contributed by atoms with van der Waals surface area (Å²) >= 11 is 5.71. The Bertz CT molecular complexity index is 699. The molecular weight excluding hydrogens is 311 g/mol. The summed E-state index contributed by atoms with van der Waals surface area (Å²) in [7, 11) is 1.22. The molecule has 0 bridgehead atoms. The Morgan fingerprint density at radius 3 is 2.56 bits per heavy atom.